The average Bonchev–Trinajstić information content (AvgIpc) is 2.72. The van der Waals surface area contributed by atoms with Crippen molar-refractivity contribution in [3.8, 4) is 0 Å². The number of ether oxygens (including phenoxy) is 5. The molecule has 3 aliphatic rings. The lowest BCUT2D eigenvalue weighted by Gasteiger charge is -2.45. The maximum Gasteiger partial charge on any atom is 0.335 e. The second-order valence-electron chi connectivity index (χ2n) is 7.48. The monoisotopic (exact) mass is 458 g/mol. The van der Waals surface area contributed by atoms with Gasteiger partial charge in [-0.1, -0.05) is 0 Å². The number of aliphatic hydroxyl groups is 8. The molecule has 9 N–H and O–H groups in total. The Morgan fingerprint density at radius 2 is 1.13 bits per heavy atom. The van der Waals surface area contributed by atoms with E-state index < -0.39 is 99.1 Å². The lowest BCUT2D eigenvalue weighted by atomic mass is 9.97. The Morgan fingerprint density at radius 3 is 1.58 bits per heavy atom. The first-order valence-electron chi connectivity index (χ1n) is 9.39. The van der Waals surface area contributed by atoms with Gasteiger partial charge in [0, 0.05) is 0 Å². The molecular formula is C16H26O15. The van der Waals surface area contributed by atoms with Gasteiger partial charge in [-0.05, 0) is 0 Å². The number of hydrogen-bond acceptors (Lipinski definition) is 14. The molecule has 3 fully saturated rings. The average molecular weight is 458 g/mol. The minimum absolute atomic E-state index is 0.442. The van der Waals surface area contributed by atoms with Crippen LogP contribution in [0.25, 0.3) is 0 Å². The minimum atomic E-state index is -2.04. The lowest BCUT2D eigenvalue weighted by molar-refractivity contribution is -0.366. The van der Waals surface area contributed by atoms with Gasteiger partial charge in [0.1, 0.15) is 54.9 Å². The maximum atomic E-state index is 11.5. The van der Waals surface area contributed by atoms with E-state index in [-0.39, 0.29) is 0 Å². The predicted molar refractivity (Wildman–Crippen MR) is 89.8 cm³/mol. The second-order valence-corrected chi connectivity index (χ2v) is 7.48. The van der Waals surface area contributed by atoms with Crippen LogP contribution in [0.4, 0.5) is 0 Å². The highest BCUT2D eigenvalue weighted by molar-refractivity contribution is 5.73. The number of carboxylic acids is 1. The van der Waals surface area contributed by atoms with Crippen LogP contribution in [0.15, 0.2) is 0 Å². The van der Waals surface area contributed by atoms with E-state index in [0.29, 0.717) is 0 Å². The molecule has 0 amide bonds. The van der Waals surface area contributed by atoms with E-state index in [4.69, 9.17) is 23.7 Å². The molecule has 0 saturated carbocycles. The normalized spacial score (nSPS) is 51.4. The minimum Gasteiger partial charge on any atom is -0.479 e. The first-order chi connectivity index (χ1) is 14.5. The molecule has 0 bridgehead atoms. The number of hydrogen-bond donors (Lipinski definition) is 9. The standard InChI is InChI=1S/C16H26O15/c17-3-1-27-15(7(21)5(3)19)30-10-9(23)11(14(26)29-12(10)13(24)25)31-16-8(22)6(20)4(18)2-28-16/h3-12,14-23,26H,1-2H2,(H,24,25)/t3-,4-,5+,6+,7-,8-,9+,10+,11-,12+,14-,15+,16+/m1/s1. The van der Waals surface area contributed by atoms with E-state index in [1.165, 1.54) is 0 Å². The molecule has 0 aromatic rings. The summed E-state index contributed by atoms with van der Waals surface area (Å²) in [5.74, 6) is -1.65. The Hall–Kier alpha value is -1.05. The van der Waals surface area contributed by atoms with E-state index in [1.807, 2.05) is 0 Å². The van der Waals surface area contributed by atoms with Gasteiger partial charge in [-0.3, -0.25) is 0 Å². The van der Waals surface area contributed by atoms with Crippen LogP contribution in [-0.4, -0.2) is 145 Å². The molecule has 0 aliphatic carbocycles. The molecule has 3 heterocycles. The molecule has 0 unspecified atom stereocenters. The zero-order valence-electron chi connectivity index (χ0n) is 15.9. The molecule has 13 atom stereocenters. The third-order valence-electron chi connectivity index (χ3n) is 5.27. The van der Waals surface area contributed by atoms with Crippen molar-refractivity contribution in [3.05, 3.63) is 0 Å². The molecule has 180 valence electrons. The van der Waals surface area contributed by atoms with Crippen LogP contribution in [0.2, 0.25) is 0 Å². The van der Waals surface area contributed by atoms with Gasteiger partial charge < -0.3 is 69.6 Å². The summed E-state index contributed by atoms with van der Waals surface area (Å²) in [6, 6.07) is 0. The van der Waals surface area contributed by atoms with E-state index in [0.717, 1.165) is 0 Å². The molecule has 0 spiro atoms. The van der Waals surface area contributed by atoms with Crippen LogP contribution in [0, 0.1) is 0 Å². The topological polar surface area (TPSA) is 245 Å². The van der Waals surface area contributed by atoms with E-state index in [9.17, 15) is 50.8 Å². The quantitative estimate of drug-likeness (QED) is 0.186. The summed E-state index contributed by atoms with van der Waals surface area (Å²) in [5, 5.41) is 88.6. The van der Waals surface area contributed by atoms with Crippen molar-refractivity contribution in [2.24, 2.45) is 0 Å². The Balaban J connectivity index is 1.75. The number of carbonyl (C=O) groups is 1. The molecular weight excluding hydrogens is 432 g/mol. The fourth-order valence-corrected chi connectivity index (χ4v) is 3.45. The van der Waals surface area contributed by atoms with E-state index in [1.54, 1.807) is 0 Å². The van der Waals surface area contributed by atoms with Crippen molar-refractivity contribution in [2.45, 2.75) is 79.9 Å². The number of carboxylic acid groups (broad SMARTS) is 1. The van der Waals surface area contributed by atoms with Crippen LogP contribution in [0.5, 0.6) is 0 Å². The highest BCUT2D eigenvalue weighted by Crippen LogP contribution is 2.30. The van der Waals surface area contributed by atoms with Gasteiger partial charge in [-0.2, -0.15) is 0 Å². The Morgan fingerprint density at radius 1 is 0.677 bits per heavy atom. The summed E-state index contributed by atoms with van der Waals surface area (Å²) in [4.78, 5) is 11.5. The maximum absolute atomic E-state index is 11.5. The molecule has 15 heteroatoms. The van der Waals surface area contributed by atoms with E-state index >= 15 is 0 Å². The summed E-state index contributed by atoms with van der Waals surface area (Å²) in [5.41, 5.74) is 0. The third kappa shape index (κ3) is 4.98. The van der Waals surface area contributed by atoms with E-state index in [2.05, 4.69) is 0 Å². The summed E-state index contributed by atoms with van der Waals surface area (Å²) in [6.45, 7) is -0.905. The first kappa shape index (κ1) is 24.6. The van der Waals surface area contributed by atoms with Crippen molar-refractivity contribution in [2.75, 3.05) is 13.2 Å². The van der Waals surface area contributed by atoms with Crippen LogP contribution < -0.4 is 0 Å². The van der Waals surface area contributed by atoms with Crippen molar-refractivity contribution in [1.82, 2.24) is 0 Å². The SMILES string of the molecule is O=C(O)[C@H]1O[C@@H](O)[C@H](O[C@@H]2OC[C@@H](O)[C@H](O)[C@H]2O)[C@@H](O)[C@@H]1O[C@@H]1OC[C@@H](O)[C@H](O)[C@H]1O. The second kappa shape index (κ2) is 9.84. The summed E-state index contributed by atoms with van der Waals surface area (Å²) >= 11 is 0. The summed E-state index contributed by atoms with van der Waals surface area (Å²) in [6.07, 6.45) is -22.6. The largest absolute Gasteiger partial charge is 0.479 e. The molecule has 31 heavy (non-hydrogen) atoms. The Labute approximate surface area is 174 Å². The summed E-state index contributed by atoms with van der Waals surface area (Å²) < 4.78 is 25.6. The van der Waals surface area contributed by atoms with Crippen LogP contribution >= 0.6 is 0 Å². The first-order valence-corrected chi connectivity index (χ1v) is 9.39. The van der Waals surface area contributed by atoms with Gasteiger partial charge in [0.05, 0.1) is 13.2 Å². The molecule has 15 nitrogen and oxygen atoms in total. The van der Waals surface area contributed by atoms with Gasteiger partial charge in [-0.15, -0.1) is 0 Å². The summed E-state index contributed by atoms with van der Waals surface area (Å²) in [7, 11) is 0. The van der Waals surface area contributed by atoms with Gasteiger partial charge in [-0.25, -0.2) is 4.79 Å². The molecule has 0 aromatic heterocycles. The molecule has 3 saturated heterocycles. The lowest BCUT2D eigenvalue weighted by Crippen LogP contribution is -2.65. The molecule has 3 rings (SSSR count). The fraction of sp³-hybridized carbons (Fsp3) is 0.938. The number of aliphatic carboxylic acids is 1. The van der Waals surface area contributed by atoms with Crippen LogP contribution in [0.1, 0.15) is 0 Å². The van der Waals surface area contributed by atoms with Crippen molar-refractivity contribution in [1.29, 1.82) is 0 Å². The number of rotatable bonds is 5. The van der Waals surface area contributed by atoms with Gasteiger partial charge in [0.2, 0.25) is 0 Å². The predicted octanol–water partition coefficient (Wildman–Crippen LogP) is -6.20. The van der Waals surface area contributed by atoms with Crippen LogP contribution in [-0.2, 0) is 28.5 Å². The highest BCUT2D eigenvalue weighted by atomic mass is 16.7. The van der Waals surface area contributed by atoms with Crippen LogP contribution in [0.3, 0.4) is 0 Å². The highest BCUT2D eigenvalue weighted by Gasteiger charge is 2.53. The zero-order chi connectivity index (χ0) is 23.0. The molecule has 0 aromatic carbocycles. The molecule has 3 aliphatic heterocycles. The van der Waals surface area contributed by atoms with Gasteiger partial charge >= 0.3 is 5.97 Å². The van der Waals surface area contributed by atoms with Crippen molar-refractivity contribution < 1.29 is 74.4 Å². The Kier molecular flexibility index (Phi) is 7.80. The Bertz CT molecular complexity index is 620. The van der Waals surface area contributed by atoms with Gasteiger partial charge in [0.15, 0.2) is 25.0 Å². The smallest absolute Gasteiger partial charge is 0.335 e. The molecule has 0 radical (unpaired) electrons. The van der Waals surface area contributed by atoms with Gasteiger partial charge in [0.25, 0.3) is 0 Å². The fourth-order valence-electron chi connectivity index (χ4n) is 3.45. The van der Waals surface area contributed by atoms with Crippen molar-refractivity contribution >= 4 is 5.97 Å². The third-order valence-corrected chi connectivity index (χ3v) is 5.27. The van der Waals surface area contributed by atoms with Crippen molar-refractivity contribution in [3.63, 3.8) is 0 Å². The number of aliphatic hydroxyl groups excluding tert-OH is 8. The zero-order valence-corrected chi connectivity index (χ0v) is 15.9.